The Hall–Kier alpha value is -1.22. The zero-order valence-corrected chi connectivity index (χ0v) is 11.8. The molecular weight excluding hydrogens is 238 g/mol. The molecule has 3 nitrogen and oxygen atoms in total. The maximum atomic E-state index is 5.43. The van der Waals surface area contributed by atoms with Crippen LogP contribution in [0.3, 0.4) is 0 Å². The van der Waals surface area contributed by atoms with Gasteiger partial charge in [-0.25, -0.2) is 0 Å². The maximum Gasteiger partial charge on any atom is 0.160 e. The van der Waals surface area contributed by atoms with Gasteiger partial charge in [-0.15, -0.1) is 0 Å². The Kier molecular flexibility index (Phi) is 3.65. The van der Waals surface area contributed by atoms with E-state index in [2.05, 4.69) is 17.4 Å². The predicted molar refractivity (Wildman–Crippen MR) is 76.0 cm³/mol. The monoisotopic (exact) mass is 261 g/mol. The molecule has 0 radical (unpaired) electrons. The molecule has 0 unspecified atom stereocenters. The summed E-state index contributed by atoms with van der Waals surface area (Å²) in [6, 6.07) is 7.11. The number of hydrogen-bond acceptors (Lipinski definition) is 3. The first-order chi connectivity index (χ1) is 9.33. The van der Waals surface area contributed by atoms with Crippen LogP contribution in [0.15, 0.2) is 18.2 Å². The highest BCUT2D eigenvalue weighted by atomic mass is 16.5. The summed E-state index contributed by atoms with van der Waals surface area (Å²) >= 11 is 0. The average molecular weight is 261 g/mol. The molecule has 1 aromatic rings. The van der Waals surface area contributed by atoms with Crippen molar-refractivity contribution in [3.05, 3.63) is 23.8 Å². The molecule has 0 aromatic heterocycles. The van der Waals surface area contributed by atoms with Crippen LogP contribution >= 0.6 is 0 Å². The third-order valence-electron chi connectivity index (χ3n) is 4.77. The molecule has 1 saturated carbocycles. The molecule has 2 fully saturated rings. The van der Waals surface area contributed by atoms with Crippen LogP contribution in [-0.4, -0.2) is 26.8 Å². The lowest BCUT2D eigenvalue weighted by atomic mass is 9.77. The van der Waals surface area contributed by atoms with Crippen molar-refractivity contribution in [1.29, 1.82) is 0 Å². The minimum absolute atomic E-state index is 0.630. The lowest BCUT2D eigenvalue weighted by molar-refractivity contribution is 0.307. The van der Waals surface area contributed by atoms with Crippen molar-refractivity contribution in [2.75, 3.05) is 20.8 Å². The van der Waals surface area contributed by atoms with Crippen LogP contribution in [0.2, 0.25) is 0 Å². The number of fused-ring (bicyclic) bond motifs is 1. The molecule has 1 N–H and O–H groups in total. The van der Waals surface area contributed by atoms with Gasteiger partial charge in [-0.1, -0.05) is 18.9 Å². The zero-order valence-electron chi connectivity index (χ0n) is 11.8. The van der Waals surface area contributed by atoms with E-state index in [4.69, 9.17) is 9.47 Å². The summed E-state index contributed by atoms with van der Waals surface area (Å²) in [7, 11) is 3.39. The number of hydrogen-bond donors (Lipinski definition) is 1. The first kappa shape index (κ1) is 12.8. The Labute approximate surface area is 115 Å². The summed E-state index contributed by atoms with van der Waals surface area (Å²) < 4.78 is 10.7. The number of nitrogens with one attached hydrogen (secondary N) is 1. The van der Waals surface area contributed by atoms with E-state index in [9.17, 15) is 0 Å². The van der Waals surface area contributed by atoms with Gasteiger partial charge < -0.3 is 14.8 Å². The maximum absolute atomic E-state index is 5.43. The quantitative estimate of drug-likeness (QED) is 0.907. The van der Waals surface area contributed by atoms with E-state index >= 15 is 0 Å². The Morgan fingerprint density at radius 1 is 1.05 bits per heavy atom. The zero-order chi connectivity index (χ0) is 13.2. The van der Waals surface area contributed by atoms with Crippen molar-refractivity contribution in [2.45, 2.75) is 37.6 Å². The topological polar surface area (TPSA) is 30.5 Å². The van der Waals surface area contributed by atoms with E-state index in [0.717, 1.165) is 30.0 Å². The van der Waals surface area contributed by atoms with Crippen LogP contribution < -0.4 is 14.8 Å². The van der Waals surface area contributed by atoms with Crippen LogP contribution in [0.1, 0.15) is 37.2 Å². The molecule has 3 heteroatoms. The van der Waals surface area contributed by atoms with E-state index in [1.165, 1.54) is 31.2 Å². The van der Waals surface area contributed by atoms with Crippen LogP contribution in [0.25, 0.3) is 0 Å². The van der Waals surface area contributed by atoms with Crippen molar-refractivity contribution in [1.82, 2.24) is 5.32 Å². The van der Waals surface area contributed by atoms with Crippen molar-refractivity contribution >= 4 is 0 Å². The first-order valence-corrected chi connectivity index (χ1v) is 7.29. The van der Waals surface area contributed by atoms with Crippen molar-refractivity contribution in [3.8, 4) is 11.5 Å². The molecule has 0 amide bonds. The van der Waals surface area contributed by atoms with Gasteiger partial charge in [0.2, 0.25) is 0 Å². The molecule has 1 aliphatic carbocycles. The molecule has 1 aromatic carbocycles. The van der Waals surface area contributed by atoms with E-state index in [-0.39, 0.29) is 0 Å². The molecule has 104 valence electrons. The van der Waals surface area contributed by atoms with Crippen molar-refractivity contribution in [2.24, 2.45) is 5.92 Å². The van der Waals surface area contributed by atoms with Gasteiger partial charge in [-0.3, -0.25) is 0 Å². The average Bonchev–Trinajstić information content (AvgIpc) is 2.90. The van der Waals surface area contributed by atoms with E-state index in [1.54, 1.807) is 14.2 Å². The second-order valence-corrected chi connectivity index (χ2v) is 5.68. The summed E-state index contributed by atoms with van der Waals surface area (Å²) in [6.45, 7) is 1.10. The van der Waals surface area contributed by atoms with E-state index in [0.29, 0.717) is 5.92 Å². The predicted octanol–water partition coefficient (Wildman–Crippen LogP) is 2.95. The summed E-state index contributed by atoms with van der Waals surface area (Å²) in [6.07, 6.45) is 5.46. The molecule has 3 rings (SSSR count). The van der Waals surface area contributed by atoms with E-state index < -0.39 is 0 Å². The van der Waals surface area contributed by atoms with Gasteiger partial charge in [0.25, 0.3) is 0 Å². The molecule has 3 atom stereocenters. The van der Waals surface area contributed by atoms with Gasteiger partial charge in [-0.05, 0) is 36.5 Å². The molecule has 1 saturated heterocycles. The Balaban J connectivity index is 1.85. The third-order valence-corrected chi connectivity index (χ3v) is 4.77. The molecular formula is C16H23NO2. The summed E-state index contributed by atoms with van der Waals surface area (Å²) in [5, 5.41) is 3.70. The van der Waals surface area contributed by atoms with Gasteiger partial charge in [-0.2, -0.15) is 0 Å². The van der Waals surface area contributed by atoms with Crippen molar-refractivity contribution < 1.29 is 9.47 Å². The fraction of sp³-hybridized carbons (Fsp3) is 0.625. The van der Waals surface area contributed by atoms with Crippen LogP contribution in [0, 0.1) is 5.92 Å². The highest BCUT2D eigenvalue weighted by Crippen LogP contribution is 2.42. The largest absolute Gasteiger partial charge is 0.493 e. The minimum atomic E-state index is 0.630. The van der Waals surface area contributed by atoms with Gasteiger partial charge >= 0.3 is 0 Å². The Morgan fingerprint density at radius 2 is 1.84 bits per heavy atom. The smallest absolute Gasteiger partial charge is 0.160 e. The molecule has 19 heavy (non-hydrogen) atoms. The number of benzene rings is 1. The molecule has 0 spiro atoms. The van der Waals surface area contributed by atoms with Gasteiger partial charge in [0.05, 0.1) is 14.2 Å². The van der Waals surface area contributed by atoms with Crippen LogP contribution in [0.4, 0.5) is 0 Å². The molecule has 1 heterocycles. The standard InChI is InChI=1S/C16H23NO2/c1-18-15-8-7-11(9-16(15)19-2)13-10-17-14-6-4-3-5-12(13)14/h7-9,12-14,17H,3-6,10H2,1-2H3/t12-,13-,14-/m1/s1. The minimum Gasteiger partial charge on any atom is -0.493 e. The summed E-state index contributed by atoms with van der Waals surface area (Å²) in [4.78, 5) is 0. The highest BCUT2D eigenvalue weighted by Gasteiger charge is 2.37. The second kappa shape index (κ2) is 5.41. The van der Waals surface area contributed by atoms with Crippen LogP contribution in [0.5, 0.6) is 11.5 Å². The van der Waals surface area contributed by atoms with Crippen molar-refractivity contribution in [3.63, 3.8) is 0 Å². The normalized spacial score (nSPS) is 29.9. The molecule has 2 aliphatic rings. The van der Waals surface area contributed by atoms with Gasteiger partial charge in [0.15, 0.2) is 11.5 Å². The summed E-state index contributed by atoms with van der Waals surface area (Å²) in [5.41, 5.74) is 1.39. The third kappa shape index (κ3) is 2.32. The number of ether oxygens (including phenoxy) is 2. The molecule has 1 aliphatic heterocycles. The molecule has 0 bridgehead atoms. The Bertz CT molecular complexity index is 446. The fourth-order valence-electron chi connectivity index (χ4n) is 3.77. The Morgan fingerprint density at radius 3 is 2.63 bits per heavy atom. The van der Waals surface area contributed by atoms with Gasteiger partial charge in [0, 0.05) is 18.5 Å². The van der Waals surface area contributed by atoms with E-state index in [1.807, 2.05) is 6.07 Å². The number of methoxy groups -OCH3 is 2. The highest BCUT2D eigenvalue weighted by molar-refractivity contribution is 5.44. The van der Waals surface area contributed by atoms with Crippen LogP contribution in [-0.2, 0) is 0 Å². The van der Waals surface area contributed by atoms with Gasteiger partial charge in [0.1, 0.15) is 0 Å². The SMILES string of the molecule is COc1ccc([C@H]2CN[C@@H]3CCCC[C@H]23)cc1OC. The lowest BCUT2D eigenvalue weighted by Crippen LogP contribution is -2.29. The fourth-order valence-corrected chi connectivity index (χ4v) is 3.77. The summed E-state index contributed by atoms with van der Waals surface area (Å²) in [5.74, 6) is 3.09. The second-order valence-electron chi connectivity index (χ2n) is 5.68. The lowest BCUT2D eigenvalue weighted by Gasteiger charge is -2.28. The number of rotatable bonds is 3. The first-order valence-electron chi connectivity index (χ1n) is 7.29.